The average molecular weight is 402 g/mol. The molecule has 1 aliphatic heterocycles. The number of pyridine rings is 1. The number of nitrogens with zero attached hydrogens (tertiary/aromatic N) is 4. The highest BCUT2D eigenvalue weighted by Crippen LogP contribution is 2.25. The third-order valence-electron chi connectivity index (χ3n) is 5.35. The Bertz CT molecular complexity index is 1230. The van der Waals surface area contributed by atoms with Gasteiger partial charge in [-0.15, -0.1) is 0 Å². The van der Waals surface area contributed by atoms with Crippen molar-refractivity contribution in [1.82, 2.24) is 30.0 Å². The SMILES string of the molecule is O=c1[nH]c(-c2ccncc2)nc2c1CN(Cc1cn[nH]c1-c1ccc(F)cc1)CC2. The van der Waals surface area contributed by atoms with Gasteiger partial charge in [-0.1, -0.05) is 0 Å². The molecule has 30 heavy (non-hydrogen) atoms. The fraction of sp³-hybridized carbons (Fsp3) is 0.182. The van der Waals surface area contributed by atoms with Crippen LogP contribution in [0.4, 0.5) is 4.39 Å². The van der Waals surface area contributed by atoms with Crippen molar-refractivity contribution in [3.63, 3.8) is 0 Å². The Kier molecular flexibility index (Phi) is 4.68. The number of nitrogens with one attached hydrogen (secondary N) is 2. The summed E-state index contributed by atoms with van der Waals surface area (Å²) in [6.07, 6.45) is 5.84. The van der Waals surface area contributed by atoms with Crippen LogP contribution in [-0.2, 0) is 19.5 Å². The number of fused-ring (bicyclic) bond motifs is 1. The molecular formula is C22H19FN6O. The molecule has 0 saturated heterocycles. The molecule has 4 aromatic rings. The topological polar surface area (TPSA) is 90.6 Å². The first-order valence-corrected chi connectivity index (χ1v) is 9.70. The van der Waals surface area contributed by atoms with Crippen LogP contribution >= 0.6 is 0 Å². The molecule has 0 aliphatic carbocycles. The second kappa shape index (κ2) is 7.64. The van der Waals surface area contributed by atoms with Crippen molar-refractivity contribution < 1.29 is 4.39 Å². The molecular weight excluding hydrogens is 383 g/mol. The Morgan fingerprint density at radius 2 is 1.87 bits per heavy atom. The van der Waals surface area contributed by atoms with E-state index in [1.54, 1.807) is 30.7 Å². The van der Waals surface area contributed by atoms with Crippen LogP contribution < -0.4 is 5.56 Å². The molecule has 3 aromatic heterocycles. The largest absolute Gasteiger partial charge is 0.306 e. The molecule has 0 saturated carbocycles. The lowest BCUT2D eigenvalue weighted by Crippen LogP contribution is -2.35. The van der Waals surface area contributed by atoms with Crippen LogP contribution in [0.15, 0.2) is 59.8 Å². The lowest BCUT2D eigenvalue weighted by Gasteiger charge is -2.27. The Balaban J connectivity index is 1.38. The number of halogens is 1. The molecule has 1 aromatic carbocycles. The summed E-state index contributed by atoms with van der Waals surface area (Å²) in [7, 11) is 0. The number of aromatic nitrogens is 5. The molecule has 0 unspecified atom stereocenters. The van der Waals surface area contributed by atoms with E-state index in [0.29, 0.717) is 30.9 Å². The van der Waals surface area contributed by atoms with Gasteiger partial charge in [0.25, 0.3) is 5.56 Å². The van der Waals surface area contributed by atoms with E-state index in [4.69, 9.17) is 0 Å². The molecule has 0 fully saturated rings. The molecule has 8 heteroatoms. The molecule has 0 amide bonds. The van der Waals surface area contributed by atoms with Crippen LogP contribution in [0.2, 0.25) is 0 Å². The van der Waals surface area contributed by atoms with Gasteiger partial charge in [0.15, 0.2) is 0 Å². The summed E-state index contributed by atoms with van der Waals surface area (Å²) in [6, 6.07) is 9.98. The molecule has 0 spiro atoms. The zero-order valence-electron chi connectivity index (χ0n) is 16.1. The van der Waals surface area contributed by atoms with Crippen LogP contribution in [0.5, 0.6) is 0 Å². The van der Waals surface area contributed by atoms with Crippen LogP contribution in [0.25, 0.3) is 22.6 Å². The number of hydrogen-bond acceptors (Lipinski definition) is 5. The molecule has 0 bridgehead atoms. The van der Waals surface area contributed by atoms with E-state index in [9.17, 15) is 9.18 Å². The highest BCUT2D eigenvalue weighted by Gasteiger charge is 2.23. The molecule has 5 rings (SSSR count). The Morgan fingerprint density at radius 3 is 2.67 bits per heavy atom. The number of aromatic amines is 2. The fourth-order valence-corrected chi connectivity index (χ4v) is 3.80. The van der Waals surface area contributed by atoms with Gasteiger partial charge < -0.3 is 4.98 Å². The van der Waals surface area contributed by atoms with E-state index in [0.717, 1.165) is 34.6 Å². The van der Waals surface area contributed by atoms with Gasteiger partial charge in [-0.2, -0.15) is 5.10 Å². The minimum absolute atomic E-state index is 0.109. The highest BCUT2D eigenvalue weighted by atomic mass is 19.1. The zero-order valence-corrected chi connectivity index (χ0v) is 16.1. The number of H-pyrrole nitrogens is 2. The van der Waals surface area contributed by atoms with Gasteiger partial charge in [0.05, 0.1) is 23.1 Å². The summed E-state index contributed by atoms with van der Waals surface area (Å²) in [6.45, 7) is 1.93. The predicted octanol–water partition coefficient (Wildman–Crippen LogP) is 2.92. The van der Waals surface area contributed by atoms with Crippen LogP contribution in [0.3, 0.4) is 0 Å². The van der Waals surface area contributed by atoms with E-state index in [1.165, 1.54) is 12.1 Å². The van der Waals surface area contributed by atoms with Gasteiger partial charge in [-0.3, -0.25) is 19.8 Å². The third kappa shape index (κ3) is 3.53. The second-order valence-electron chi connectivity index (χ2n) is 7.31. The summed E-state index contributed by atoms with van der Waals surface area (Å²) in [4.78, 5) is 26.5. The zero-order chi connectivity index (χ0) is 20.5. The summed E-state index contributed by atoms with van der Waals surface area (Å²) in [5.74, 6) is 0.299. The van der Waals surface area contributed by atoms with Crippen LogP contribution in [0, 0.1) is 5.82 Å². The van der Waals surface area contributed by atoms with Crippen molar-refractivity contribution in [2.24, 2.45) is 0 Å². The van der Waals surface area contributed by atoms with Crippen molar-refractivity contribution in [2.45, 2.75) is 19.5 Å². The Labute approximate surface area is 171 Å². The van der Waals surface area contributed by atoms with Gasteiger partial charge in [0.2, 0.25) is 0 Å². The molecule has 2 N–H and O–H groups in total. The summed E-state index contributed by atoms with van der Waals surface area (Å²) in [5, 5.41) is 7.17. The van der Waals surface area contributed by atoms with Gasteiger partial charge >= 0.3 is 0 Å². The van der Waals surface area contributed by atoms with Gasteiger partial charge in [0, 0.05) is 55.1 Å². The minimum atomic E-state index is -0.273. The van der Waals surface area contributed by atoms with Crippen molar-refractivity contribution in [3.05, 3.63) is 88.0 Å². The first kappa shape index (κ1) is 18.4. The molecule has 1 aliphatic rings. The number of rotatable bonds is 4. The standard InChI is InChI=1S/C22H19FN6O/c23-17-3-1-14(2-4-17)20-16(11-25-28-20)12-29-10-7-19-18(13-29)22(30)27-21(26-19)15-5-8-24-9-6-15/h1-6,8-9,11H,7,10,12-13H2,(H,25,28)(H,26,27,30). The minimum Gasteiger partial charge on any atom is -0.306 e. The summed E-state index contributed by atoms with van der Waals surface area (Å²) >= 11 is 0. The number of benzene rings is 1. The highest BCUT2D eigenvalue weighted by molar-refractivity contribution is 5.62. The maximum Gasteiger partial charge on any atom is 0.255 e. The molecule has 0 atom stereocenters. The average Bonchev–Trinajstić information content (AvgIpc) is 3.23. The Hall–Kier alpha value is -3.65. The van der Waals surface area contributed by atoms with Crippen molar-refractivity contribution in [3.8, 4) is 22.6 Å². The third-order valence-corrected chi connectivity index (χ3v) is 5.35. The normalized spacial score (nSPS) is 13.9. The van der Waals surface area contributed by atoms with E-state index < -0.39 is 0 Å². The van der Waals surface area contributed by atoms with Crippen molar-refractivity contribution in [1.29, 1.82) is 0 Å². The van der Waals surface area contributed by atoms with E-state index >= 15 is 0 Å². The molecule has 0 radical (unpaired) electrons. The van der Waals surface area contributed by atoms with Crippen molar-refractivity contribution in [2.75, 3.05) is 6.54 Å². The monoisotopic (exact) mass is 402 g/mol. The molecule has 4 heterocycles. The van der Waals surface area contributed by atoms with E-state index in [2.05, 4.69) is 30.0 Å². The second-order valence-corrected chi connectivity index (χ2v) is 7.31. The fourth-order valence-electron chi connectivity index (χ4n) is 3.80. The maximum absolute atomic E-state index is 13.2. The van der Waals surface area contributed by atoms with Gasteiger partial charge in [-0.25, -0.2) is 9.37 Å². The van der Waals surface area contributed by atoms with Crippen molar-refractivity contribution >= 4 is 0 Å². The maximum atomic E-state index is 13.2. The van der Waals surface area contributed by atoms with E-state index in [-0.39, 0.29) is 11.4 Å². The quantitative estimate of drug-likeness (QED) is 0.548. The smallest absolute Gasteiger partial charge is 0.255 e. The lowest BCUT2D eigenvalue weighted by atomic mass is 10.0. The first-order chi connectivity index (χ1) is 14.7. The van der Waals surface area contributed by atoms with Gasteiger partial charge in [0.1, 0.15) is 11.6 Å². The van der Waals surface area contributed by atoms with E-state index in [1.807, 2.05) is 12.1 Å². The number of hydrogen-bond donors (Lipinski definition) is 2. The van der Waals surface area contributed by atoms with Gasteiger partial charge in [-0.05, 0) is 36.4 Å². The predicted molar refractivity (Wildman–Crippen MR) is 110 cm³/mol. The summed E-state index contributed by atoms with van der Waals surface area (Å²) < 4.78 is 13.2. The lowest BCUT2D eigenvalue weighted by molar-refractivity contribution is 0.242. The first-order valence-electron chi connectivity index (χ1n) is 9.70. The molecule has 150 valence electrons. The molecule has 7 nitrogen and oxygen atoms in total. The Morgan fingerprint density at radius 1 is 1.07 bits per heavy atom. The van der Waals surface area contributed by atoms with Crippen LogP contribution in [0.1, 0.15) is 16.8 Å². The van der Waals surface area contributed by atoms with Crippen LogP contribution in [-0.4, -0.2) is 36.6 Å². The summed E-state index contributed by atoms with van der Waals surface area (Å²) in [5.41, 5.74) is 5.02.